The van der Waals surface area contributed by atoms with Crippen molar-refractivity contribution in [1.82, 2.24) is 5.32 Å². The van der Waals surface area contributed by atoms with Gasteiger partial charge in [-0.2, -0.15) is 11.8 Å². The molecule has 0 aliphatic rings. The number of hydrogen-bond acceptors (Lipinski definition) is 3. The molecule has 0 aliphatic carbocycles. The van der Waals surface area contributed by atoms with E-state index in [0.29, 0.717) is 6.04 Å². The number of rotatable bonds is 10. The van der Waals surface area contributed by atoms with Gasteiger partial charge in [-0.1, -0.05) is 32.9 Å². The molecule has 0 aromatic heterocycles. The van der Waals surface area contributed by atoms with Gasteiger partial charge < -0.3 is 10.1 Å². The molecule has 1 aromatic rings. The zero-order chi connectivity index (χ0) is 15.7. The maximum Gasteiger partial charge on any atom is 0.119 e. The SMILES string of the molecule is CCNC(CSCCC(C)C)c1ccc(OC(C)C)cc1. The average Bonchev–Trinajstić information content (AvgIpc) is 2.42. The summed E-state index contributed by atoms with van der Waals surface area (Å²) in [5, 5.41) is 3.59. The molecule has 120 valence electrons. The van der Waals surface area contributed by atoms with Gasteiger partial charge in [0, 0.05) is 11.8 Å². The van der Waals surface area contributed by atoms with Crippen molar-refractivity contribution in [1.29, 1.82) is 0 Å². The van der Waals surface area contributed by atoms with Crippen molar-refractivity contribution in [2.45, 2.75) is 53.2 Å². The first-order valence-electron chi connectivity index (χ1n) is 8.10. The van der Waals surface area contributed by atoms with Crippen LogP contribution in [0.2, 0.25) is 0 Å². The highest BCUT2D eigenvalue weighted by Crippen LogP contribution is 2.22. The lowest BCUT2D eigenvalue weighted by atomic mass is 10.1. The third-order valence-corrected chi connectivity index (χ3v) is 4.32. The lowest BCUT2D eigenvalue weighted by Crippen LogP contribution is -2.23. The highest BCUT2D eigenvalue weighted by Gasteiger charge is 2.11. The zero-order valence-electron chi connectivity index (χ0n) is 14.2. The van der Waals surface area contributed by atoms with Crippen LogP contribution in [0.3, 0.4) is 0 Å². The van der Waals surface area contributed by atoms with Crippen molar-refractivity contribution in [2.24, 2.45) is 5.92 Å². The minimum absolute atomic E-state index is 0.229. The summed E-state index contributed by atoms with van der Waals surface area (Å²) in [7, 11) is 0. The van der Waals surface area contributed by atoms with E-state index in [9.17, 15) is 0 Å². The molecule has 3 heteroatoms. The molecule has 0 fully saturated rings. The standard InChI is InChI=1S/C18H31NOS/c1-6-19-18(13-21-12-11-14(2)3)16-7-9-17(10-8-16)20-15(4)5/h7-10,14-15,18-19H,6,11-13H2,1-5H3. The molecule has 0 radical (unpaired) electrons. The third kappa shape index (κ3) is 7.77. The highest BCUT2D eigenvalue weighted by molar-refractivity contribution is 7.99. The summed E-state index contributed by atoms with van der Waals surface area (Å²) >= 11 is 2.05. The number of hydrogen-bond donors (Lipinski definition) is 1. The van der Waals surface area contributed by atoms with Crippen LogP contribution >= 0.6 is 11.8 Å². The second-order valence-electron chi connectivity index (χ2n) is 6.10. The normalized spacial score (nSPS) is 12.9. The van der Waals surface area contributed by atoms with Gasteiger partial charge in [0.05, 0.1) is 6.10 Å². The summed E-state index contributed by atoms with van der Waals surface area (Å²) in [5.74, 6) is 4.12. The summed E-state index contributed by atoms with van der Waals surface area (Å²) in [5.41, 5.74) is 1.35. The smallest absolute Gasteiger partial charge is 0.119 e. The van der Waals surface area contributed by atoms with Gasteiger partial charge in [0.2, 0.25) is 0 Å². The molecule has 1 rings (SSSR count). The van der Waals surface area contributed by atoms with Crippen molar-refractivity contribution in [3.05, 3.63) is 29.8 Å². The van der Waals surface area contributed by atoms with Gasteiger partial charge in [-0.15, -0.1) is 0 Å². The number of ether oxygens (including phenoxy) is 1. The Kier molecular flexibility index (Phi) is 8.86. The van der Waals surface area contributed by atoms with Gasteiger partial charge >= 0.3 is 0 Å². The fourth-order valence-corrected chi connectivity index (χ4v) is 3.44. The Morgan fingerprint density at radius 1 is 1.10 bits per heavy atom. The Morgan fingerprint density at radius 2 is 1.76 bits per heavy atom. The summed E-state index contributed by atoms with van der Waals surface area (Å²) in [6, 6.07) is 8.97. The number of nitrogens with one attached hydrogen (secondary N) is 1. The van der Waals surface area contributed by atoms with Crippen molar-refractivity contribution in [2.75, 3.05) is 18.1 Å². The van der Waals surface area contributed by atoms with E-state index in [0.717, 1.165) is 24.0 Å². The van der Waals surface area contributed by atoms with Crippen LogP contribution in [-0.4, -0.2) is 24.2 Å². The predicted octanol–water partition coefficient (Wildman–Crippen LogP) is 4.90. The summed E-state index contributed by atoms with van der Waals surface area (Å²) in [4.78, 5) is 0. The molecule has 1 N–H and O–H groups in total. The molecule has 0 saturated carbocycles. The lowest BCUT2D eigenvalue weighted by Gasteiger charge is -2.19. The summed E-state index contributed by atoms with van der Waals surface area (Å²) in [6.45, 7) is 11.9. The van der Waals surface area contributed by atoms with Gasteiger partial charge in [-0.3, -0.25) is 0 Å². The van der Waals surface area contributed by atoms with Crippen molar-refractivity contribution in [3.63, 3.8) is 0 Å². The number of benzene rings is 1. The molecular formula is C18H31NOS. The highest BCUT2D eigenvalue weighted by atomic mass is 32.2. The molecule has 1 aromatic carbocycles. The Balaban J connectivity index is 2.54. The average molecular weight is 310 g/mol. The molecule has 1 atom stereocenters. The maximum absolute atomic E-state index is 5.71. The van der Waals surface area contributed by atoms with Crippen LogP contribution < -0.4 is 10.1 Å². The van der Waals surface area contributed by atoms with Crippen LogP contribution in [0.4, 0.5) is 0 Å². The molecule has 0 amide bonds. The Morgan fingerprint density at radius 3 is 2.29 bits per heavy atom. The Labute approximate surface area is 135 Å². The van der Waals surface area contributed by atoms with E-state index >= 15 is 0 Å². The van der Waals surface area contributed by atoms with Crippen LogP contribution in [0, 0.1) is 5.92 Å². The van der Waals surface area contributed by atoms with Gasteiger partial charge in [0.1, 0.15) is 5.75 Å². The van der Waals surface area contributed by atoms with Gasteiger partial charge in [-0.25, -0.2) is 0 Å². The predicted molar refractivity (Wildman–Crippen MR) is 95.4 cm³/mol. The summed E-state index contributed by atoms with van der Waals surface area (Å²) < 4.78 is 5.71. The minimum atomic E-state index is 0.229. The molecule has 21 heavy (non-hydrogen) atoms. The van der Waals surface area contributed by atoms with E-state index in [1.54, 1.807) is 0 Å². The number of thioether (sulfide) groups is 1. The second-order valence-corrected chi connectivity index (χ2v) is 7.25. The maximum atomic E-state index is 5.71. The van der Waals surface area contributed by atoms with Crippen molar-refractivity contribution >= 4 is 11.8 Å². The first-order chi connectivity index (χ1) is 10.0. The van der Waals surface area contributed by atoms with Gasteiger partial charge in [-0.05, 0) is 56.2 Å². The quantitative estimate of drug-likeness (QED) is 0.621. The topological polar surface area (TPSA) is 21.3 Å². The van der Waals surface area contributed by atoms with Gasteiger partial charge in [0.15, 0.2) is 0 Å². The van der Waals surface area contributed by atoms with Crippen LogP contribution in [0.25, 0.3) is 0 Å². The van der Waals surface area contributed by atoms with E-state index in [1.165, 1.54) is 17.7 Å². The molecule has 2 nitrogen and oxygen atoms in total. The summed E-state index contributed by atoms with van der Waals surface area (Å²) in [6.07, 6.45) is 1.53. The van der Waals surface area contributed by atoms with Crippen LogP contribution in [0.5, 0.6) is 5.75 Å². The van der Waals surface area contributed by atoms with Crippen LogP contribution in [0.1, 0.15) is 52.6 Å². The van der Waals surface area contributed by atoms with E-state index in [2.05, 4.69) is 64.2 Å². The Hall–Kier alpha value is -0.670. The van der Waals surface area contributed by atoms with E-state index in [4.69, 9.17) is 4.74 Å². The van der Waals surface area contributed by atoms with Crippen LogP contribution in [0.15, 0.2) is 24.3 Å². The fraction of sp³-hybridized carbons (Fsp3) is 0.667. The first kappa shape index (κ1) is 18.4. The monoisotopic (exact) mass is 309 g/mol. The third-order valence-electron chi connectivity index (χ3n) is 3.23. The first-order valence-corrected chi connectivity index (χ1v) is 9.26. The fourth-order valence-electron chi connectivity index (χ4n) is 2.09. The molecule has 0 heterocycles. The minimum Gasteiger partial charge on any atom is -0.491 e. The lowest BCUT2D eigenvalue weighted by molar-refractivity contribution is 0.242. The van der Waals surface area contributed by atoms with Gasteiger partial charge in [0.25, 0.3) is 0 Å². The molecule has 0 saturated heterocycles. The van der Waals surface area contributed by atoms with E-state index < -0.39 is 0 Å². The molecule has 0 spiro atoms. The molecule has 1 unspecified atom stereocenters. The van der Waals surface area contributed by atoms with Crippen molar-refractivity contribution in [3.8, 4) is 5.75 Å². The van der Waals surface area contributed by atoms with Crippen molar-refractivity contribution < 1.29 is 4.74 Å². The Bertz CT molecular complexity index is 375. The van der Waals surface area contributed by atoms with E-state index in [-0.39, 0.29) is 6.10 Å². The molecule has 0 aliphatic heterocycles. The van der Waals surface area contributed by atoms with E-state index in [1.807, 2.05) is 11.8 Å². The zero-order valence-corrected chi connectivity index (χ0v) is 15.0. The second kappa shape index (κ2) is 10.1. The molecular weight excluding hydrogens is 278 g/mol. The largest absolute Gasteiger partial charge is 0.491 e. The van der Waals surface area contributed by atoms with Crippen LogP contribution in [-0.2, 0) is 0 Å². The molecule has 0 bridgehead atoms.